The van der Waals surface area contributed by atoms with Crippen molar-refractivity contribution in [3.05, 3.63) is 23.3 Å². The molecule has 4 heteroatoms. The Morgan fingerprint density at radius 3 is 2.50 bits per heavy atom. The lowest BCUT2D eigenvalue weighted by Gasteiger charge is -2.16. The van der Waals surface area contributed by atoms with Gasteiger partial charge in [-0.3, -0.25) is 0 Å². The van der Waals surface area contributed by atoms with Gasteiger partial charge >= 0.3 is 7.69 Å². The van der Waals surface area contributed by atoms with Crippen molar-refractivity contribution in [2.24, 2.45) is 0 Å². The van der Waals surface area contributed by atoms with Gasteiger partial charge in [-0.1, -0.05) is 13.8 Å². The van der Waals surface area contributed by atoms with Crippen LogP contribution in [-0.4, -0.2) is 19.3 Å². The summed E-state index contributed by atoms with van der Waals surface area (Å²) in [7, 11) is -0.333. The van der Waals surface area contributed by atoms with Crippen LogP contribution < -0.4 is 9.39 Å². The van der Waals surface area contributed by atoms with Gasteiger partial charge in [0, 0.05) is 0 Å². The Labute approximate surface area is 97.7 Å². The summed E-state index contributed by atoms with van der Waals surface area (Å²) in [5.41, 5.74) is 2.40. The Hall–Kier alpha value is -1.16. The van der Waals surface area contributed by atoms with E-state index in [9.17, 15) is 0 Å². The smallest absolute Gasteiger partial charge is 0.504 e. The Kier molecular flexibility index (Phi) is 4.68. The minimum Gasteiger partial charge on any atom is -0.536 e. The molecule has 16 heavy (non-hydrogen) atoms. The lowest BCUT2D eigenvalue weighted by Crippen LogP contribution is -2.05. The van der Waals surface area contributed by atoms with Crippen LogP contribution in [0.3, 0.4) is 0 Å². The van der Waals surface area contributed by atoms with Crippen molar-refractivity contribution in [1.29, 1.82) is 0 Å². The highest BCUT2D eigenvalue weighted by molar-refractivity contribution is 6.17. The zero-order chi connectivity index (χ0) is 12.1. The van der Waals surface area contributed by atoms with Gasteiger partial charge in [-0.15, -0.1) is 0 Å². The highest BCUT2D eigenvalue weighted by atomic mass is 16.5. The molecule has 3 nitrogen and oxygen atoms in total. The van der Waals surface area contributed by atoms with E-state index in [1.807, 2.05) is 19.1 Å². The second-order valence-corrected chi connectivity index (χ2v) is 4.02. The fourth-order valence-corrected chi connectivity index (χ4v) is 1.75. The number of hydrogen-bond donors (Lipinski definition) is 1. The predicted molar refractivity (Wildman–Crippen MR) is 66.4 cm³/mol. The molecule has 0 aliphatic rings. The third-order valence-electron chi connectivity index (χ3n) is 2.47. The molecule has 0 atom stereocenters. The van der Waals surface area contributed by atoms with Crippen molar-refractivity contribution in [2.45, 2.75) is 33.6 Å². The van der Waals surface area contributed by atoms with Crippen LogP contribution in [0.5, 0.6) is 11.5 Å². The van der Waals surface area contributed by atoms with Crippen molar-refractivity contribution in [3.63, 3.8) is 0 Å². The van der Waals surface area contributed by atoms with E-state index in [-0.39, 0.29) is 7.69 Å². The first-order valence-corrected chi connectivity index (χ1v) is 5.61. The van der Waals surface area contributed by atoms with Crippen LogP contribution in [0.1, 0.15) is 37.8 Å². The Morgan fingerprint density at radius 1 is 1.31 bits per heavy atom. The zero-order valence-electron chi connectivity index (χ0n) is 10.4. The Balaban J connectivity index is 3.14. The standard InChI is InChI=1S/C12H19BO3/c1-5-15-11-6-9(4)10(8(2)3)7-12(11)16-13-14/h6-8,13-14H,5H2,1-4H3. The molecule has 0 aliphatic heterocycles. The van der Waals surface area contributed by atoms with Crippen LogP contribution in [0.25, 0.3) is 0 Å². The number of benzene rings is 1. The topological polar surface area (TPSA) is 38.7 Å². The summed E-state index contributed by atoms with van der Waals surface area (Å²) >= 11 is 0. The number of ether oxygens (including phenoxy) is 1. The summed E-state index contributed by atoms with van der Waals surface area (Å²) in [5, 5.41) is 8.83. The number of aryl methyl sites for hydroxylation is 1. The van der Waals surface area contributed by atoms with Gasteiger partial charge < -0.3 is 14.4 Å². The van der Waals surface area contributed by atoms with E-state index in [0.717, 1.165) is 0 Å². The molecule has 1 N–H and O–H groups in total. The molecule has 0 bridgehead atoms. The van der Waals surface area contributed by atoms with E-state index in [1.54, 1.807) is 0 Å². The van der Waals surface area contributed by atoms with Crippen LogP contribution in [0.4, 0.5) is 0 Å². The van der Waals surface area contributed by atoms with E-state index in [4.69, 9.17) is 14.4 Å². The van der Waals surface area contributed by atoms with Gasteiger partial charge in [0.25, 0.3) is 0 Å². The van der Waals surface area contributed by atoms with Crippen molar-refractivity contribution >= 4 is 7.69 Å². The third kappa shape index (κ3) is 2.92. The minimum atomic E-state index is -0.333. The lowest BCUT2D eigenvalue weighted by atomic mass is 9.97. The maximum atomic E-state index is 8.83. The van der Waals surface area contributed by atoms with Gasteiger partial charge in [-0.2, -0.15) is 0 Å². The highest BCUT2D eigenvalue weighted by Crippen LogP contribution is 2.33. The quantitative estimate of drug-likeness (QED) is 0.775. The molecule has 0 heterocycles. The first-order valence-electron chi connectivity index (χ1n) is 5.61. The number of rotatable bonds is 5. The van der Waals surface area contributed by atoms with Crippen molar-refractivity contribution < 1.29 is 14.4 Å². The molecule has 0 unspecified atom stereocenters. The molecular formula is C12H19BO3. The maximum absolute atomic E-state index is 8.83. The Morgan fingerprint density at radius 2 is 2.00 bits per heavy atom. The van der Waals surface area contributed by atoms with Crippen LogP contribution in [-0.2, 0) is 0 Å². The van der Waals surface area contributed by atoms with Gasteiger partial charge in [0.05, 0.1) is 6.61 Å². The van der Waals surface area contributed by atoms with E-state index in [0.29, 0.717) is 24.0 Å². The van der Waals surface area contributed by atoms with E-state index < -0.39 is 0 Å². The average molecular weight is 222 g/mol. The highest BCUT2D eigenvalue weighted by Gasteiger charge is 2.11. The maximum Gasteiger partial charge on any atom is 0.504 e. The molecule has 0 fully saturated rings. The summed E-state index contributed by atoms with van der Waals surface area (Å²) < 4.78 is 10.6. The summed E-state index contributed by atoms with van der Waals surface area (Å²) in [6, 6.07) is 3.91. The Bertz CT molecular complexity index is 350. The van der Waals surface area contributed by atoms with Gasteiger partial charge in [-0.25, -0.2) is 0 Å². The molecular weight excluding hydrogens is 203 g/mol. The molecule has 0 aromatic heterocycles. The molecule has 1 aromatic carbocycles. The molecule has 0 saturated heterocycles. The van der Waals surface area contributed by atoms with Crippen LogP contribution in [0, 0.1) is 6.92 Å². The summed E-state index contributed by atoms with van der Waals surface area (Å²) in [4.78, 5) is 0. The fourth-order valence-electron chi connectivity index (χ4n) is 1.75. The van der Waals surface area contributed by atoms with Crippen molar-refractivity contribution in [1.82, 2.24) is 0 Å². The normalized spacial score (nSPS) is 10.4. The van der Waals surface area contributed by atoms with E-state index >= 15 is 0 Å². The average Bonchev–Trinajstić information content (AvgIpc) is 2.22. The second-order valence-electron chi connectivity index (χ2n) is 4.02. The first-order chi connectivity index (χ1) is 7.60. The van der Waals surface area contributed by atoms with E-state index in [2.05, 4.69) is 20.8 Å². The monoisotopic (exact) mass is 222 g/mol. The molecule has 0 spiro atoms. The molecule has 1 rings (SSSR count). The first kappa shape index (κ1) is 12.9. The molecule has 0 aliphatic carbocycles. The van der Waals surface area contributed by atoms with Crippen LogP contribution >= 0.6 is 0 Å². The number of hydrogen-bond acceptors (Lipinski definition) is 3. The van der Waals surface area contributed by atoms with E-state index in [1.165, 1.54) is 11.1 Å². The molecule has 1 aromatic rings. The van der Waals surface area contributed by atoms with Gasteiger partial charge in [0.1, 0.15) is 5.75 Å². The minimum absolute atomic E-state index is 0.333. The molecule has 0 radical (unpaired) electrons. The SMILES string of the molecule is CCOc1cc(C)c(C(C)C)cc1OBO. The van der Waals surface area contributed by atoms with Gasteiger partial charge in [0.15, 0.2) is 5.75 Å². The summed E-state index contributed by atoms with van der Waals surface area (Å²) in [5.74, 6) is 1.73. The predicted octanol–water partition coefficient (Wildman–Crippen LogP) is 2.15. The molecule has 0 saturated carbocycles. The van der Waals surface area contributed by atoms with Gasteiger partial charge in [-0.05, 0) is 43.0 Å². The largest absolute Gasteiger partial charge is 0.536 e. The van der Waals surface area contributed by atoms with Crippen molar-refractivity contribution in [3.8, 4) is 11.5 Å². The van der Waals surface area contributed by atoms with Crippen LogP contribution in [0.2, 0.25) is 0 Å². The molecule has 88 valence electrons. The van der Waals surface area contributed by atoms with Gasteiger partial charge in [0.2, 0.25) is 0 Å². The second kappa shape index (κ2) is 5.80. The van der Waals surface area contributed by atoms with Crippen LogP contribution in [0.15, 0.2) is 12.1 Å². The summed E-state index contributed by atoms with van der Waals surface area (Å²) in [6.07, 6.45) is 0. The zero-order valence-corrected chi connectivity index (χ0v) is 10.4. The fraction of sp³-hybridized carbons (Fsp3) is 0.500. The summed E-state index contributed by atoms with van der Waals surface area (Å²) in [6.45, 7) is 8.83. The third-order valence-corrected chi connectivity index (χ3v) is 2.47. The lowest BCUT2D eigenvalue weighted by molar-refractivity contribution is 0.323. The van der Waals surface area contributed by atoms with Crippen molar-refractivity contribution in [2.75, 3.05) is 6.61 Å². The molecule has 0 amide bonds.